The summed E-state index contributed by atoms with van der Waals surface area (Å²) in [6.45, 7) is 5.34. The average Bonchev–Trinajstić information content (AvgIpc) is 2.31. The number of thioether (sulfide) groups is 1. The second-order valence-electron chi connectivity index (χ2n) is 4.02. The molecular formula is C13H19BrClNS. The molecule has 1 unspecified atom stereocenters. The van der Waals surface area contributed by atoms with E-state index in [-0.39, 0.29) is 0 Å². The van der Waals surface area contributed by atoms with Crippen molar-refractivity contribution in [2.45, 2.75) is 32.9 Å². The van der Waals surface area contributed by atoms with Crippen LogP contribution in [-0.4, -0.2) is 17.5 Å². The molecule has 0 aliphatic carbocycles. The third-order valence-corrected chi connectivity index (χ3v) is 4.68. The molecule has 1 atom stereocenters. The highest BCUT2D eigenvalue weighted by Crippen LogP contribution is 2.23. The van der Waals surface area contributed by atoms with E-state index in [0.29, 0.717) is 6.04 Å². The van der Waals surface area contributed by atoms with Crippen molar-refractivity contribution in [3.63, 3.8) is 0 Å². The van der Waals surface area contributed by atoms with Crippen LogP contribution in [0, 0.1) is 0 Å². The summed E-state index contributed by atoms with van der Waals surface area (Å²) in [4.78, 5) is 0. The first kappa shape index (κ1) is 15.4. The Morgan fingerprint density at radius 3 is 2.88 bits per heavy atom. The van der Waals surface area contributed by atoms with Crippen molar-refractivity contribution in [1.29, 1.82) is 0 Å². The molecule has 1 N–H and O–H groups in total. The second kappa shape index (κ2) is 8.41. The lowest BCUT2D eigenvalue weighted by atomic mass is 10.2. The molecule has 17 heavy (non-hydrogen) atoms. The summed E-state index contributed by atoms with van der Waals surface area (Å²) in [5.74, 6) is 2.44. The standard InChI is InChI=1S/C13H19BrClNS/c1-3-17-7-6-10(2)16-9-11-4-5-13(15)12(14)8-11/h4-5,8,10,16H,3,6-7,9H2,1-2H3. The molecule has 0 spiro atoms. The van der Waals surface area contributed by atoms with Crippen LogP contribution in [0.1, 0.15) is 25.8 Å². The zero-order valence-corrected chi connectivity index (χ0v) is 13.5. The first-order chi connectivity index (χ1) is 8.13. The minimum absolute atomic E-state index is 0.559. The topological polar surface area (TPSA) is 12.0 Å². The van der Waals surface area contributed by atoms with E-state index >= 15 is 0 Å². The van der Waals surface area contributed by atoms with E-state index < -0.39 is 0 Å². The molecule has 1 rings (SSSR count). The lowest BCUT2D eigenvalue weighted by molar-refractivity contribution is 0.537. The van der Waals surface area contributed by atoms with Crippen molar-refractivity contribution in [3.05, 3.63) is 33.3 Å². The Labute approximate surface area is 122 Å². The fourth-order valence-corrected chi connectivity index (χ4v) is 2.80. The number of hydrogen-bond acceptors (Lipinski definition) is 2. The van der Waals surface area contributed by atoms with Gasteiger partial charge >= 0.3 is 0 Å². The molecule has 0 aliphatic rings. The molecule has 0 radical (unpaired) electrons. The van der Waals surface area contributed by atoms with Crippen molar-refractivity contribution in [1.82, 2.24) is 5.32 Å². The lowest BCUT2D eigenvalue weighted by Crippen LogP contribution is -2.26. The maximum absolute atomic E-state index is 5.96. The maximum atomic E-state index is 5.96. The van der Waals surface area contributed by atoms with Gasteiger partial charge in [-0.05, 0) is 58.5 Å². The van der Waals surface area contributed by atoms with Crippen molar-refractivity contribution < 1.29 is 0 Å². The smallest absolute Gasteiger partial charge is 0.0548 e. The van der Waals surface area contributed by atoms with E-state index in [0.717, 1.165) is 16.0 Å². The molecule has 0 saturated heterocycles. The minimum Gasteiger partial charge on any atom is -0.310 e. The van der Waals surface area contributed by atoms with Crippen molar-refractivity contribution >= 4 is 39.3 Å². The van der Waals surface area contributed by atoms with Gasteiger partial charge in [-0.2, -0.15) is 11.8 Å². The highest BCUT2D eigenvalue weighted by atomic mass is 79.9. The largest absolute Gasteiger partial charge is 0.310 e. The highest BCUT2D eigenvalue weighted by Gasteiger charge is 2.03. The summed E-state index contributed by atoms with van der Waals surface area (Å²) in [5, 5.41) is 4.29. The molecule has 0 amide bonds. The first-order valence-corrected chi connectivity index (χ1v) is 8.21. The Balaban J connectivity index is 2.31. The molecule has 0 saturated carbocycles. The van der Waals surface area contributed by atoms with Crippen LogP contribution in [0.5, 0.6) is 0 Å². The summed E-state index contributed by atoms with van der Waals surface area (Å²) in [7, 11) is 0. The highest BCUT2D eigenvalue weighted by molar-refractivity contribution is 9.10. The van der Waals surface area contributed by atoms with E-state index in [1.54, 1.807) is 0 Å². The van der Waals surface area contributed by atoms with E-state index in [1.807, 2.05) is 17.8 Å². The fourth-order valence-electron chi connectivity index (χ4n) is 1.45. The van der Waals surface area contributed by atoms with Crippen LogP contribution < -0.4 is 5.32 Å². The van der Waals surface area contributed by atoms with Crippen LogP contribution in [-0.2, 0) is 6.54 Å². The number of halogens is 2. The monoisotopic (exact) mass is 335 g/mol. The Kier molecular flexibility index (Phi) is 7.60. The SMILES string of the molecule is CCSCCC(C)NCc1ccc(Cl)c(Br)c1. The lowest BCUT2D eigenvalue weighted by Gasteiger charge is -2.13. The molecular weight excluding hydrogens is 318 g/mol. The Morgan fingerprint density at radius 2 is 2.24 bits per heavy atom. The van der Waals surface area contributed by atoms with Crippen LogP contribution in [0.4, 0.5) is 0 Å². The molecule has 1 nitrogen and oxygen atoms in total. The van der Waals surface area contributed by atoms with Crippen LogP contribution in [0.15, 0.2) is 22.7 Å². The van der Waals surface area contributed by atoms with Gasteiger partial charge in [0.2, 0.25) is 0 Å². The van der Waals surface area contributed by atoms with Crippen LogP contribution in [0.25, 0.3) is 0 Å². The Bertz CT molecular complexity index is 346. The molecule has 0 heterocycles. The van der Waals surface area contributed by atoms with E-state index in [2.05, 4.69) is 47.2 Å². The van der Waals surface area contributed by atoms with Gasteiger partial charge in [0.1, 0.15) is 0 Å². The van der Waals surface area contributed by atoms with Gasteiger partial charge in [0.15, 0.2) is 0 Å². The quantitative estimate of drug-likeness (QED) is 0.723. The third kappa shape index (κ3) is 6.14. The Hall–Kier alpha value is 0.300. The van der Waals surface area contributed by atoms with Gasteiger partial charge in [0.25, 0.3) is 0 Å². The normalized spacial score (nSPS) is 12.7. The zero-order chi connectivity index (χ0) is 12.7. The van der Waals surface area contributed by atoms with Crippen molar-refractivity contribution in [2.24, 2.45) is 0 Å². The van der Waals surface area contributed by atoms with Gasteiger partial charge in [0, 0.05) is 17.1 Å². The molecule has 4 heteroatoms. The van der Waals surface area contributed by atoms with Gasteiger partial charge in [-0.15, -0.1) is 0 Å². The molecule has 0 bridgehead atoms. The third-order valence-electron chi connectivity index (χ3n) is 2.54. The predicted octanol–water partition coefficient (Wildman–Crippen LogP) is 4.72. The van der Waals surface area contributed by atoms with Crippen molar-refractivity contribution in [2.75, 3.05) is 11.5 Å². The minimum atomic E-state index is 0.559. The van der Waals surface area contributed by atoms with Gasteiger partial charge in [-0.3, -0.25) is 0 Å². The predicted molar refractivity (Wildman–Crippen MR) is 83.1 cm³/mol. The molecule has 0 fully saturated rings. The summed E-state index contributed by atoms with van der Waals surface area (Å²) in [5.41, 5.74) is 1.26. The number of rotatable bonds is 7. The van der Waals surface area contributed by atoms with Gasteiger partial charge in [-0.1, -0.05) is 24.6 Å². The number of benzene rings is 1. The van der Waals surface area contributed by atoms with Crippen LogP contribution in [0.2, 0.25) is 5.02 Å². The molecule has 1 aromatic carbocycles. The summed E-state index contributed by atoms with van der Waals surface area (Å²) in [6, 6.07) is 6.62. The number of nitrogens with one attached hydrogen (secondary N) is 1. The summed E-state index contributed by atoms with van der Waals surface area (Å²) >= 11 is 11.4. The second-order valence-corrected chi connectivity index (χ2v) is 6.67. The molecule has 1 aromatic rings. The van der Waals surface area contributed by atoms with E-state index in [4.69, 9.17) is 11.6 Å². The average molecular weight is 337 g/mol. The van der Waals surface area contributed by atoms with Gasteiger partial charge < -0.3 is 5.32 Å². The van der Waals surface area contributed by atoms with E-state index in [9.17, 15) is 0 Å². The van der Waals surface area contributed by atoms with Crippen LogP contribution in [0.3, 0.4) is 0 Å². The maximum Gasteiger partial charge on any atom is 0.0548 e. The van der Waals surface area contributed by atoms with Crippen molar-refractivity contribution in [3.8, 4) is 0 Å². The Morgan fingerprint density at radius 1 is 1.47 bits per heavy atom. The fraction of sp³-hybridized carbons (Fsp3) is 0.538. The summed E-state index contributed by atoms with van der Waals surface area (Å²) in [6.07, 6.45) is 1.22. The molecule has 0 aromatic heterocycles. The molecule has 0 aliphatic heterocycles. The first-order valence-electron chi connectivity index (χ1n) is 5.88. The summed E-state index contributed by atoms with van der Waals surface area (Å²) < 4.78 is 0.965. The zero-order valence-electron chi connectivity index (χ0n) is 10.3. The molecule has 96 valence electrons. The van der Waals surface area contributed by atoms with Gasteiger partial charge in [0.05, 0.1) is 5.02 Å². The van der Waals surface area contributed by atoms with E-state index in [1.165, 1.54) is 23.5 Å². The number of hydrogen-bond donors (Lipinski definition) is 1. The van der Waals surface area contributed by atoms with Crippen LogP contribution >= 0.6 is 39.3 Å². The van der Waals surface area contributed by atoms with Gasteiger partial charge in [-0.25, -0.2) is 0 Å².